The second-order valence-corrected chi connectivity index (χ2v) is 1.29. The van der Waals surface area contributed by atoms with Gasteiger partial charge in [-0.1, -0.05) is 0 Å². The highest BCUT2D eigenvalue weighted by molar-refractivity contribution is 6.02. The Bertz CT molecular complexity index is 10.8. The van der Waals surface area contributed by atoms with Gasteiger partial charge in [0.15, 0.2) is 0 Å². The van der Waals surface area contributed by atoms with E-state index in [1.807, 2.05) is 0 Å². The third-order valence-electron chi connectivity index (χ3n) is 0. The molecule has 4 heavy (non-hydrogen) atoms. The van der Waals surface area contributed by atoms with Gasteiger partial charge >= 0.3 is 16.5 Å². The lowest BCUT2D eigenvalue weighted by Gasteiger charge is -1.89. The monoisotopic (exact) mass is 77.0 g/mol. The minimum Gasteiger partial charge on any atom is -0.314 e. The van der Waals surface area contributed by atoms with Crippen LogP contribution in [0.2, 0.25) is 0 Å². The van der Waals surface area contributed by atoms with Crippen molar-refractivity contribution in [1.82, 2.24) is 4.21 Å². The van der Waals surface area contributed by atoms with Gasteiger partial charge in [0.25, 0.3) is 0 Å². The van der Waals surface area contributed by atoms with E-state index in [9.17, 15) is 0 Å². The van der Waals surface area contributed by atoms with Crippen molar-refractivity contribution in [1.29, 1.82) is 0 Å². The van der Waals surface area contributed by atoms with Gasteiger partial charge < -0.3 is 10.4 Å². The molecule has 0 atom stereocenters. The van der Waals surface area contributed by atoms with Crippen LogP contribution < -0.4 is 0 Å². The summed E-state index contributed by atoms with van der Waals surface area (Å²) in [5, 5.41) is 15.0. The van der Waals surface area contributed by atoms with Gasteiger partial charge in [-0.05, 0) is 0 Å². The predicted octanol–water partition coefficient (Wildman–Crippen LogP) is -1.39. The topological polar surface area (TPSA) is 43.7 Å². The first kappa shape index (κ1) is 4.41. The SMILES string of the molecule is O[N](O)[AlH2]. The molecule has 0 rings (SSSR count). The van der Waals surface area contributed by atoms with E-state index in [0.29, 0.717) is 16.5 Å². The van der Waals surface area contributed by atoms with Crippen LogP contribution in [-0.4, -0.2) is 31.1 Å². The highest BCUT2D eigenvalue weighted by Gasteiger charge is 1.65. The fourth-order valence-electron chi connectivity index (χ4n) is 0. The first-order chi connectivity index (χ1) is 1.73. The van der Waals surface area contributed by atoms with Crippen LogP contribution >= 0.6 is 0 Å². The molecule has 0 fully saturated rings. The lowest BCUT2D eigenvalue weighted by atomic mass is 13.2. The fourth-order valence-corrected chi connectivity index (χ4v) is 0. The summed E-state index contributed by atoms with van der Waals surface area (Å²) in [5.41, 5.74) is 0. The molecule has 0 aromatic heterocycles. The van der Waals surface area contributed by atoms with Crippen molar-refractivity contribution in [2.24, 2.45) is 0 Å². The van der Waals surface area contributed by atoms with Crippen LogP contribution in [-0.2, 0) is 0 Å². The first-order valence-electron chi connectivity index (χ1n) is 0.847. The average Bonchev–Trinajstić information content (AvgIpc) is 0.811. The van der Waals surface area contributed by atoms with E-state index in [-0.39, 0.29) is 4.21 Å². The van der Waals surface area contributed by atoms with E-state index < -0.39 is 0 Å². The van der Waals surface area contributed by atoms with E-state index in [0.717, 1.165) is 0 Å². The Hall–Kier alpha value is 0.412. The molecule has 0 radical (unpaired) electrons. The second kappa shape index (κ2) is 1.71. The Morgan fingerprint density at radius 3 is 1.50 bits per heavy atom. The molecule has 0 aliphatic carbocycles. The summed E-state index contributed by atoms with van der Waals surface area (Å²) in [6, 6.07) is 0. The molecule has 0 saturated carbocycles. The van der Waals surface area contributed by atoms with Crippen LogP contribution in [0.5, 0.6) is 0 Å². The smallest absolute Gasteiger partial charge is 0.314 e. The molecule has 0 aromatic carbocycles. The molecule has 24 valence electrons. The van der Waals surface area contributed by atoms with Gasteiger partial charge in [-0.2, -0.15) is 4.21 Å². The molecule has 4 heteroatoms. The number of nitrogens with zero attached hydrogens (tertiary/aromatic N) is 1. The molecule has 0 saturated heterocycles. The van der Waals surface area contributed by atoms with Crippen LogP contribution in [0.15, 0.2) is 0 Å². The largest absolute Gasteiger partial charge is 0.410 e. The maximum absolute atomic E-state index is 7.51. The van der Waals surface area contributed by atoms with Crippen molar-refractivity contribution < 1.29 is 10.4 Å². The Labute approximate surface area is 32.0 Å². The molecule has 3 nitrogen and oxygen atoms in total. The molecule has 0 unspecified atom stereocenters. The van der Waals surface area contributed by atoms with E-state index in [2.05, 4.69) is 0 Å². The summed E-state index contributed by atoms with van der Waals surface area (Å²) >= 11 is 0.293. The minimum absolute atomic E-state index is 0.139. The fraction of sp³-hybridized carbons (Fsp3) is 0. The van der Waals surface area contributed by atoms with Crippen molar-refractivity contribution in [3.05, 3.63) is 0 Å². The number of rotatable bonds is 0. The number of hydrogen-bond donors (Lipinski definition) is 2. The number of hydrogen-bond acceptors (Lipinski definition) is 3. The van der Waals surface area contributed by atoms with Crippen LogP contribution in [0.25, 0.3) is 0 Å². The van der Waals surface area contributed by atoms with E-state index in [4.69, 9.17) is 10.4 Å². The van der Waals surface area contributed by atoms with Crippen molar-refractivity contribution in [2.75, 3.05) is 0 Å². The second-order valence-electron chi connectivity index (χ2n) is 0.489. The zero-order valence-electron chi connectivity index (χ0n) is 2.34. The molecule has 0 heterocycles. The molecule has 0 aliphatic rings. The molecule has 0 bridgehead atoms. The quantitative estimate of drug-likeness (QED) is 0.276. The molecule has 0 aliphatic heterocycles. The van der Waals surface area contributed by atoms with Gasteiger partial charge in [-0.25, -0.2) is 0 Å². The summed E-state index contributed by atoms with van der Waals surface area (Å²) < 4.78 is 0.139. The lowest BCUT2D eigenvalue weighted by Crippen LogP contribution is -2.05. The van der Waals surface area contributed by atoms with Crippen LogP contribution in [0.1, 0.15) is 0 Å². The zero-order chi connectivity index (χ0) is 3.58. The highest BCUT2D eigenvalue weighted by atomic mass is 27.1. The summed E-state index contributed by atoms with van der Waals surface area (Å²) in [6.07, 6.45) is 0. The zero-order valence-corrected chi connectivity index (χ0v) is 4.34. The molecular formula is H4AlNO2. The molecule has 0 spiro atoms. The average molecular weight is 77.0 g/mol. The lowest BCUT2D eigenvalue weighted by molar-refractivity contribution is -0.228. The van der Waals surface area contributed by atoms with Gasteiger partial charge in [0, 0.05) is 0 Å². The Balaban J connectivity index is 2.32. The Kier molecular flexibility index (Phi) is 1.88. The van der Waals surface area contributed by atoms with Crippen molar-refractivity contribution in [3.63, 3.8) is 0 Å². The van der Waals surface area contributed by atoms with E-state index in [1.165, 1.54) is 0 Å². The van der Waals surface area contributed by atoms with Gasteiger partial charge in [0.05, 0.1) is 0 Å². The predicted molar refractivity (Wildman–Crippen MR) is 14.0 cm³/mol. The van der Waals surface area contributed by atoms with Crippen LogP contribution in [0.4, 0.5) is 0 Å². The molecular weight excluding hydrogens is 73.0 g/mol. The maximum atomic E-state index is 7.51. The van der Waals surface area contributed by atoms with Gasteiger partial charge in [-0.3, -0.25) is 0 Å². The minimum atomic E-state index is 0.139. The standard InChI is InChI=1S/Al.H2NO2.2H/c;2-1-3;;/h;2-3H;;/q+1;-1;;. The third kappa shape index (κ3) is 28.3. The van der Waals surface area contributed by atoms with E-state index >= 15 is 0 Å². The summed E-state index contributed by atoms with van der Waals surface area (Å²) in [4.78, 5) is 0. The van der Waals surface area contributed by atoms with Gasteiger partial charge in [0.1, 0.15) is 0 Å². The third-order valence-corrected chi connectivity index (χ3v) is 0. The van der Waals surface area contributed by atoms with Crippen molar-refractivity contribution in [2.45, 2.75) is 0 Å². The summed E-state index contributed by atoms with van der Waals surface area (Å²) in [6.45, 7) is 0. The van der Waals surface area contributed by atoms with Crippen LogP contribution in [0.3, 0.4) is 0 Å². The Morgan fingerprint density at radius 2 is 1.50 bits per heavy atom. The van der Waals surface area contributed by atoms with Crippen LogP contribution in [0, 0.1) is 0 Å². The maximum Gasteiger partial charge on any atom is 0.410 e. The van der Waals surface area contributed by atoms with Crippen molar-refractivity contribution in [3.8, 4) is 0 Å². The molecule has 0 aromatic rings. The van der Waals surface area contributed by atoms with Gasteiger partial charge in [0.2, 0.25) is 0 Å². The molecule has 0 amide bonds. The summed E-state index contributed by atoms with van der Waals surface area (Å²) in [5.74, 6) is 0. The van der Waals surface area contributed by atoms with Gasteiger partial charge in [-0.15, -0.1) is 0 Å². The Morgan fingerprint density at radius 1 is 1.50 bits per heavy atom. The van der Waals surface area contributed by atoms with E-state index in [1.54, 1.807) is 0 Å². The normalized spacial score (nSPS) is 8.75. The first-order valence-corrected chi connectivity index (χ1v) is 1.74. The molecule has 2 N–H and O–H groups in total. The van der Waals surface area contributed by atoms with Crippen molar-refractivity contribution >= 4 is 16.5 Å². The highest BCUT2D eigenvalue weighted by Crippen LogP contribution is 1.41. The summed E-state index contributed by atoms with van der Waals surface area (Å²) in [7, 11) is 0.